The molecule has 3 N–H and O–H groups in total. The molecule has 0 bridgehead atoms. The first kappa shape index (κ1) is 17.1. The molecule has 1 heterocycles. The van der Waals surface area contributed by atoms with Crippen LogP contribution < -0.4 is 10.0 Å². The molecule has 20 heavy (non-hydrogen) atoms. The van der Waals surface area contributed by atoms with E-state index >= 15 is 0 Å². The molecular formula is C13H26N4O2S. The van der Waals surface area contributed by atoms with Gasteiger partial charge in [0.25, 0.3) is 0 Å². The van der Waals surface area contributed by atoms with Crippen LogP contribution in [-0.2, 0) is 16.4 Å². The van der Waals surface area contributed by atoms with Gasteiger partial charge in [-0.15, -0.1) is 0 Å². The molecule has 116 valence electrons. The van der Waals surface area contributed by atoms with Gasteiger partial charge in [0.2, 0.25) is 10.0 Å². The molecule has 6 nitrogen and oxygen atoms in total. The van der Waals surface area contributed by atoms with Crippen molar-refractivity contribution in [1.29, 1.82) is 0 Å². The standard InChI is InChI=1S/C13H26N4O2S/c1-3-7-14-8-5-10-20(18,19)16-9-4-6-13-11-15-17-12(13)2/h11,14,16H,3-10H2,1-2H3,(H,15,17). The number of sulfonamides is 1. The van der Waals surface area contributed by atoms with E-state index in [0.717, 1.165) is 43.6 Å². The van der Waals surface area contributed by atoms with E-state index in [4.69, 9.17) is 0 Å². The van der Waals surface area contributed by atoms with E-state index in [1.165, 1.54) is 0 Å². The fraction of sp³-hybridized carbons (Fsp3) is 0.769. The smallest absolute Gasteiger partial charge is 0.211 e. The molecule has 1 aromatic heterocycles. The van der Waals surface area contributed by atoms with Gasteiger partial charge >= 0.3 is 0 Å². The largest absolute Gasteiger partial charge is 0.317 e. The Bertz CT molecular complexity index is 470. The van der Waals surface area contributed by atoms with Crippen LogP contribution in [0.25, 0.3) is 0 Å². The number of aromatic amines is 1. The van der Waals surface area contributed by atoms with E-state index in [9.17, 15) is 8.42 Å². The van der Waals surface area contributed by atoms with Gasteiger partial charge in [-0.3, -0.25) is 5.10 Å². The SMILES string of the molecule is CCCNCCCS(=O)(=O)NCCCc1cn[nH]c1C. The summed E-state index contributed by atoms with van der Waals surface area (Å²) >= 11 is 0. The molecule has 0 fully saturated rings. The Kier molecular flexibility index (Phi) is 7.79. The van der Waals surface area contributed by atoms with Crippen LogP contribution in [0.3, 0.4) is 0 Å². The molecule has 0 unspecified atom stereocenters. The average molecular weight is 302 g/mol. The van der Waals surface area contributed by atoms with Crippen LogP contribution >= 0.6 is 0 Å². The number of aromatic nitrogens is 2. The summed E-state index contributed by atoms with van der Waals surface area (Å²) in [6.45, 7) is 6.23. The zero-order chi connectivity index (χ0) is 14.8. The lowest BCUT2D eigenvalue weighted by molar-refractivity contribution is 0.572. The predicted octanol–water partition coefficient (Wildman–Crippen LogP) is 0.960. The van der Waals surface area contributed by atoms with Crippen molar-refractivity contribution in [2.45, 2.75) is 39.5 Å². The summed E-state index contributed by atoms with van der Waals surface area (Å²) in [4.78, 5) is 0. The Labute approximate surface area is 121 Å². The minimum atomic E-state index is -3.13. The molecule has 0 aliphatic heterocycles. The van der Waals surface area contributed by atoms with Gasteiger partial charge in [-0.1, -0.05) is 6.92 Å². The van der Waals surface area contributed by atoms with E-state index in [1.807, 2.05) is 6.92 Å². The fourth-order valence-electron chi connectivity index (χ4n) is 1.90. The van der Waals surface area contributed by atoms with Crippen LogP contribution in [-0.4, -0.2) is 44.0 Å². The lowest BCUT2D eigenvalue weighted by atomic mass is 10.1. The second kappa shape index (κ2) is 9.10. The minimum absolute atomic E-state index is 0.189. The minimum Gasteiger partial charge on any atom is -0.317 e. The highest BCUT2D eigenvalue weighted by Gasteiger charge is 2.09. The molecule has 0 amide bonds. The molecule has 1 aromatic rings. The van der Waals surface area contributed by atoms with Crippen LogP contribution in [0.15, 0.2) is 6.20 Å². The molecule has 0 aromatic carbocycles. The number of H-pyrrole nitrogens is 1. The molecule has 0 spiro atoms. The highest BCUT2D eigenvalue weighted by molar-refractivity contribution is 7.89. The summed E-state index contributed by atoms with van der Waals surface area (Å²) in [5, 5.41) is 10.0. The first-order chi connectivity index (χ1) is 9.55. The summed E-state index contributed by atoms with van der Waals surface area (Å²) in [7, 11) is -3.13. The van der Waals surface area contributed by atoms with E-state index < -0.39 is 10.0 Å². The van der Waals surface area contributed by atoms with Crippen LogP contribution in [0.1, 0.15) is 37.4 Å². The van der Waals surface area contributed by atoms with Gasteiger partial charge in [-0.05, 0) is 51.3 Å². The van der Waals surface area contributed by atoms with Crippen LogP contribution in [0.5, 0.6) is 0 Å². The summed E-state index contributed by atoms with van der Waals surface area (Å²) in [6.07, 6.45) is 5.13. The lowest BCUT2D eigenvalue weighted by Crippen LogP contribution is -2.29. The van der Waals surface area contributed by atoms with E-state index in [2.05, 4.69) is 27.2 Å². The Morgan fingerprint density at radius 3 is 2.70 bits per heavy atom. The van der Waals surface area contributed by atoms with Gasteiger partial charge in [-0.25, -0.2) is 13.1 Å². The molecule has 0 aliphatic rings. The Hall–Kier alpha value is -0.920. The maximum atomic E-state index is 11.7. The van der Waals surface area contributed by atoms with Gasteiger partial charge in [0.1, 0.15) is 0 Å². The predicted molar refractivity (Wildman–Crippen MR) is 81.2 cm³/mol. The summed E-state index contributed by atoms with van der Waals surface area (Å²) in [6, 6.07) is 0. The van der Waals surface area contributed by atoms with Crippen molar-refractivity contribution < 1.29 is 8.42 Å². The number of aryl methyl sites for hydroxylation is 2. The van der Waals surface area contributed by atoms with Crippen molar-refractivity contribution in [3.63, 3.8) is 0 Å². The normalized spacial score (nSPS) is 11.9. The van der Waals surface area contributed by atoms with Crippen LogP contribution in [0.4, 0.5) is 0 Å². The van der Waals surface area contributed by atoms with E-state index in [1.54, 1.807) is 6.20 Å². The maximum absolute atomic E-state index is 11.7. The Morgan fingerprint density at radius 2 is 2.05 bits per heavy atom. The van der Waals surface area contributed by atoms with Crippen molar-refractivity contribution in [2.24, 2.45) is 0 Å². The van der Waals surface area contributed by atoms with Crippen molar-refractivity contribution >= 4 is 10.0 Å². The number of hydrogen-bond donors (Lipinski definition) is 3. The highest BCUT2D eigenvalue weighted by atomic mass is 32.2. The van der Waals surface area contributed by atoms with Gasteiger partial charge in [0, 0.05) is 12.2 Å². The number of rotatable bonds is 11. The van der Waals surface area contributed by atoms with E-state index in [0.29, 0.717) is 13.0 Å². The molecule has 0 radical (unpaired) electrons. The topological polar surface area (TPSA) is 86.9 Å². The number of nitrogens with one attached hydrogen (secondary N) is 3. The van der Waals surface area contributed by atoms with Crippen molar-refractivity contribution in [2.75, 3.05) is 25.4 Å². The first-order valence-corrected chi connectivity index (χ1v) is 8.87. The van der Waals surface area contributed by atoms with Gasteiger partial charge in [0.05, 0.1) is 11.9 Å². The van der Waals surface area contributed by atoms with Crippen molar-refractivity contribution in [3.05, 3.63) is 17.5 Å². The zero-order valence-corrected chi connectivity index (χ0v) is 13.2. The van der Waals surface area contributed by atoms with Crippen LogP contribution in [0.2, 0.25) is 0 Å². The highest BCUT2D eigenvalue weighted by Crippen LogP contribution is 2.05. The maximum Gasteiger partial charge on any atom is 0.211 e. The van der Waals surface area contributed by atoms with E-state index in [-0.39, 0.29) is 5.75 Å². The third-order valence-corrected chi connectivity index (χ3v) is 4.54. The molecule has 0 aliphatic carbocycles. The Balaban J connectivity index is 2.12. The molecular weight excluding hydrogens is 276 g/mol. The van der Waals surface area contributed by atoms with Gasteiger partial charge in [-0.2, -0.15) is 5.10 Å². The quantitative estimate of drug-likeness (QED) is 0.531. The average Bonchev–Trinajstić information content (AvgIpc) is 2.80. The fourth-order valence-corrected chi connectivity index (χ4v) is 3.02. The molecule has 0 saturated carbocycles. The molecule has 7 heteroatoms. The van der Waals surface area contributed by atoms with Gasteiger partial charge in [0.15, 0.2) is 0 Å². The monoisotopic (exact) mass is 302 g/mol. The molecule has 0 saturated heterocycles. The zero-order valence-electron chi connectivity index (χ0n) is 12.4. The summed E-state index contributed by atoms with van der Waals surface area (Å²) < 4.78 is 26.1. The van der Waals surface area contributed by atoms with Crippen molar-refractivity contribution in [3.8, 4) is 0 Å². The Morgan fingerprint density at radius 1 is 1.25 bits per heavy atom. The third kappa shape index (κ3) is 7.02. The number of nitrogens with zero attached hydrogens (tertiary/aromatic N) is 1. The second-order valence-corrected chi connectivity index (χ2v) is 6.87. The van der Waals surface area contributed by atoms with Crippen LogP contribution in [0, 0.1) is 6.92 Å². The molecule has 0 atom stereocenters. The summed E-state index contributed by atoms with van der Waals surface area (Å²) in [5.74, 6) is 0.189. The summed E-state index contributed by atoms with van der Waals surface area (Å²) in [5.41, 5.74) is 2.20. The lowest BCUT2D eigenvalue weighted by Gasteiger charge is -2.07. The van der Waals surface area contributed by atoms with Gasteiger partial charge < -0.3 is 5.32 Å². The second-order valence-electron chi connectivity index (χ2n) is 4.94. The molecule has 1 rings (SSSR count). The third-order valence-electron chi connectivity index (χ3n) is 3.07. The number of hydrogen-bond acceptors (Lipinski definition) is 4. The first-order valence-electron chi connectivity index (χ1n) is 7.22. The van der Waals surface area contributed by atoms with Crippen molar-refractivity contribution in [1.82, 2.24) is 20.2 Å².